The molecule has 1 unspecified atom stereocenters. The quantitative estimate of drug-likeness (QED) is 0.814. The summed E-state index contributed by atoms with van der Waals surface area (Å²) < 4.78 is 6.64. The van der Waals surface area contributed by atoms with Crippen LogP contribution < -0.4 is 9.64 Å². The van der Waals surface area contributed by atoms with Crippen molar-refractivity contribution in [1.29, 1.82) is 0 Å². The number of amides is 1. The molecule has 0 spiro atoms. The predicted octanol–water partition coefficient (Wildman–Crippen LogP) is -0.448. The van der Waals surface area contributed by atoms with Crippen molar-refractivity contribution in [2.75, 3.05) is 11.4 Å². The third-order valence-electron chi connectivity index (χ3n) is 3.04. The van der Waals surface area contributed by atoms with E-state index in [0.717, 1.165) is 0 Å². The average molecular weight is 289 g/mol. The van der Waals surface area contributed by atoms with Crippen molar-refractivity contribution in [1.82, 2.24) is 20.2 Å². The molecule has 9 nitrogen and oxygen atoms in total. The van der Waals surface area contributed by atoms with Gasteiger partial charge in [0.1, 0.15) is 18.6 Å². The van der Waals surface area contributed by atoms with E-state index in [1.807, 2.05) is 0 Å². The maximum atomic E-state index is 12.4. The number of aliphatic carboxylic acids is 1. The first kappa shape index (κ1) is 13.0. The van der Waals surface area contributed by atoms with Crippen LogP contribution in [0.15, 0.2) is 30.6 Å². The van der Waals surface area contributed by atoms with Crippen LogP contribution in [-0.2, 0) is 16.1 Å². The second-order valence-corrected chi connectivity index (χ2v) is 4.42. The molecule has 2 aromatic rings. The Hall–Kier alpha value is -2.97. The van der Waals surface area contributed by atoms with Gasteiger partial charge in [0.05, 0.1) is 12.2 Å². The summed E-state index contributed by atoms with van der Waals surface area (Å²) in [5.41, 5.74) is 0.535. The van der Waals surface area contributed by atoms with Crippen LogP contribution in [0, 0.1) is 0 Å². The lowest BCUT2D eigenvalue weighted by Crippen LogP contribution is -2.48. The first-order valence-electron chi connectivity index (χ1n) is 6.15. The lowest BCUT2D eigenvalue weighted by molar-refractivity contribution is -0.145. The summed E-state index contributed by atoms with van der Waals surface area (Å²) in [7, 11) is 0. The molecule has 2 heterocycles. The minimum absolute atomic E-state index is 0.0622. The van der Waals surface area contributed by atoms with E-state index < -0.39 is 12.1 Å². The van der Waals surface area contributed by atoms with E-state index in [4.69, 9.17) is 9.84 Å². The number of fused-ring (bicyclic) bond motifs is 1. The van der Waals surface area contributed by atoms with E-state index in [1.54, 1.807) is 24.3 Å². The minimum atomic E-state index is -1.12. The molecule has 3 rings (SSSR count). The molecule has 0 saturated carbocycles. The number of tetrazole rings is 1. The Morgan fingerprint density at radius 2 is 2.19 bits per heavy atom. The maximum Gasteiger partial charge on any atom is 0.346 e. The molecule has 1 atom stereocenters. The van der Waals surface area contributed by atoms with Gasteiger partial charge in [-0.25, -0.2) is 9.48 Å². The summed E-state index contributed by atoms with van der Waals surface area (Å²) in [4.78, 5) is 24.9. The maximum absolute atomic E-state index is 12.4. The van der Waals surface area contributed by atoms with Crippen molar-refractivity contribution >= 4 is 17.6 Å². The number of carboxylic acids is 1. The Kier molecular flexibility index (Phi) is 3.22. The smallest absolute Gasteiger partial charge is 0.346 e. The molecule has 21 heavy (non-hydrogen) atoms. The van der Waals surface area contributed by atoms with E-state index in [2.05, 4.69) is 15.5 Å². The summed E-state index contributed by atoms with van der Waals surface area (Å²) in [6.45, 7) is -0.138. The molecule has 0 radical (unpaired) electrons. The third kappa shape index (κ3) is 2.53. The van der Waals surface area contributed by atoms with Crippen LogP contribution in [0.3, 0.4) is 0 Å². The molecule has 1 amide bonds. The van der Waals surface area contributed by atoms with Gasteiger partial charge in [-0.05, 0) is 22.6 Å². The van der Waals surface area contributed by atoms with E-state index in [9.17, 15) is 9.59 Å². The lowest BCUT2D eigenvalue weighted by Gasteiger charge is -2.32. The van der Waals surface area contributed by atoms with Gasteiger partial charge >= 0.3 is 5.97 Å². The molecule has 1 N–H and O–H groups in total. The molecule has 0 saturated heterocycles. The Labute approximate surface area is 118 Å². The highest BCUT2D eigenvalue weighted by Gasteiger charge is 2.33. The second kappa shape index (κ2) is 5.19. The fourth-order valence-corrected chi connectivity index (χ4v) is 2.08. The van der Waals surface area contributed by atoms with Crippen LogP contribution >= 0.6 is 0 Å². The number of para-hydroxylation sites is 2. The molecule has 1 aliphatic heterocycles. The van der Waals surface area contributed by atoms with Gasteiger partial charge in [0.2, 0.25) is 12.0 Å². The lowest BCUT2D eigenvalue weighted by atomic mass is 10.2. The molecular formula is C12H11N5O4. The van der Waals surface area contributed by atoms with Crippen molar-refractivity contribution in [3.05, 3.63) is 30.6 Å². The number of hydrogen-bond acceptors (Lipinski definition) is 6. The normalized spacial score (nSPS) is 17.0. The van der Waals surface area contributed by atoms with Gasteiger partial charge < -0.3 is 14.7 Å². The third-order valence-corrected chi connectivity index (χ3v) is 3.04. The highest BCUT2D eigenvalue weighted by molar-refractivity contribution is 5.96. The molecular weight excluding hydrogens is 278 g/mol. The van der Waals surface area contributed by atoms with Gasteiger partial charge in [-0.1, -0.05) is 12.1 Å². The Balaban J connectivity index is 1.89. The number of anilines is 1. The van der Waals surface area contributed by atoms with Gasteiger partial charge in [-0.15, -0.1) is 5.10 Å². The van der Waals surface area contributed by atoms with Crippen LogP contribution in [0.1, 0.15) is 0 Å². The van der Waals surface area contributed by atoms with Crippen LogP contribution in [0.4, 0.5) is 5.69 Å². The zero-order valence-corrected chi connectivity index (χ0v) is 10.8. The number of ether oxygens (including phenoxy) is 1. The van der Waals surface area contributed by atoms with Crippen molar-refractivity contribution in [3.63, 3.8) is 0 Å². The largest absolute Gasteiger partial charge is 0.478 e. The summed E-state index contributed by atoms with van der Waals surface area (Å²) in [6.07, 6.45) is 0.219. The molecule has 0 aliphatic carbocycles. The summed E-state index contributed by atoms with van der Waals surface area (Å²) >= 11 is 0. The first-order chi connectivity index (χ1) is 10.1. The second-order valence-electron chi connectivity index (χ2n) is 4.42. The van der Waals surface area contributed by atoms with E-state index >= 15 is 0 Å². The highest BCUT2D eigenvalue weighted by atomic mass is 16.5. The predicted molar refractivity (Wildman–Crippen MR) is 68.7 cm³/mol. The number of nitrogens with zero attached hydrogens (tertiary/aromatic N) is 5. The van der Waals surface area contributed by atoms with Crippen LogP contribution in [0.2, 0.25) is 0 Å². The van der Waals surface area contributed by atoms with Crippen molar-refractivity contribution in [2.24, 2.45) is 0 Å². The van der Waals surface area contributed by atoms with E-state index in [0.29, 0.717) is 11.4 Å². The zero-order valence-electron chi connectivity index (χ0n) is 10.8. The van der Waals surface area contributed by atoms with E-state index in [1.165, 1.54) is 15.9 Å². The van der Waals surface area contributed by atoms with Crippen LogP contribution in [-0.4, -0.2) is 49.8 Å². The van der Waals surface area contributed by atoms with Gasteiger partial charge in [0.15, 0.2) is 0 Å². The van der Waals surface area contributed by atoms with Gasteiger partial charge in [-0.3, -0.25) is 4.79 Å². The monoisotopic (exact) mass is 289 g/mol. The number of carbonyl (C=O) groups is 2. The van der Waals surface area contributed by atoms with Gasteiger partial charge in [-0.2, -0.15) is 0 Å². The summed E-state index contributed by atoms with van der Waals surface area (Å²) in [5, 5.41) is 19.6. The highest BCUT2D eigenvalue weighted by Crippen LogP contribution is 2.33. The topological polar surface area (TPSA) is 110 Å². The Bertz CT molecular complexity index is 672. The molecule has 1 aliphatic rings. The number of carbonyl (C=O) groups excluding carboxylic acids is 1. The molecule has 1 aromatic heterocycles. The number of carboxylic acid groups (broad SMARTS) is 1. The minimum Gasteiger partial charge on any atom is -0.478 e. The summed E-state index contributed by atoms with van der Waals surface area (Å²) in [6, 6.07) is 6.79. The number of benzene rings is 1. The molecule has 0 fully saturated rings. The first-order valence-corrected chi connectivity index (χ1v) is 6.15. The summed E-state index contributed by atoms with van der Waals surface area (Å²) in [5.74, 6) is -1.07. The average Bonchev–Trinajstić information content (AvgIpc) is 2.98. The fraction of sp³-hybridized carbons (Fsp3) is 0.250. The van der Waals surface area contributed by atoms with Crippen molar-refractivity contribution < 1.29 is 19.4 Å². The number of hydrogen-bond donors (Lipinski definition) is 1. The Morgan fingerprint density at radius 3 is 2.90 bits per heavy atom. The Morgan fingerprint density at radius 1 is 1.38 bits per heavy atom. The number of rotatable bonds is 3. The number of aromatic nitrogens is 4. The van der Waals surface area contributed by atoms with Crippen molar-refractivity contribution in [2.45, 2.75) is 12.6 Å². The van der Waals surface area contributed by atoms with Gasteiger partial charge in [0, 0.05) is 0 Å². The molecule has 9 heteroatoms. The van der Waals surface area contributed by atoms with Crippen molar-refractivity contribution in [3.8, 4) is 5.75 Å². The van der Waals surface area contributed by atoms with Crippen LogP contribution in [0.5, 0.6) is 5.75 Å². The SMILES string of the molecule is O=C(O)C1CN(C(=O)Cn2cnnn2)c2ccccc2O1. The van der Waals surface area contributed by atoms with Gasteiger partial charge in [0.25, 0.3) is 0 Å². The van der Waals surface area contributed by atoms with Crippen LogP contribution in [0.25, 0.3) is 0 Å². The standard InChI is InChI=1S/C12H11N5O4/c18-11(6-16-7-13-14-15-16)17-5-10(12(19)20)21-9-4-2-1-3-8(9)17/h1-4,7,10H,5-6H2,(H,19,20). The molecule has 1 aromatic carbocycles. The fourth-order valence-electron chi connectivity index (χ4n) is 2.08. The van der Waals surface area contributed by atoms with E-state index in [-0.39, 0.29) is 19.0 Å². The zero-order chi connectivity index (χ0) is 14.8. The molecule has 0 bridgehead atoms. The molecule has 108 valence electrons.